The van der Waals surface area contributed by atoms with Gasteiger partial charge in [-0.15, -0.1) is 0 Å². The first-order valence-corrected chi connectivity index (χ1v) is 20.6. The van der Waals surface area contributed by atoms with Gasteiger partial charge in [-0.1, -0.05) is 31.0 Å². The third-order valence-corrected chi connectivity index (χ3v) is 14.7. The minimum atomic E-state index is -3.16. The number of ether oxygens (including phenoxy) is 1. The van der Waals surface area contributed by atoms with Gasteiger partial charge in [0.1, 0.15) is 15.6 Å². The predicted molar refractivity (Wildman–Crippen MR) is 185 cm³/mol. The van der Waals surface area contributed by atoms with Crippen LogP contribution in [0.15, 0.2) is 36.4 Å². The maximum atomic E-state index is 13.8. The first-order valence-electron chi connectivity index (χ1n) is 16.4. The third kappa shape index (κ3) is 6.77. The predicted octanol–water partition coefficient (Wildman–Crippen LogP) is 6.07. The van der Waals surface area contributed by atoms with Gasteiger partial charge in [-0.2, -0.15) is 0 Å². The molecule has 10 heteroatoms. The molecule has 7 atom stereocenters. The fourth-order valence-electron chi connectivity index (χ4n) is 8.41. The molecule has 0 saturated heterocycles. The van der Waals surface area contributed by atoms with Gasteiger partial charge in [-0.25, -0.2) is 12.6 Å². The van der Waals surface area contributed by atoms with Crippen molar-refractivity contribution in [2.75, 3.05) is 36.6 Å². The highest BCUT2D eigenvalue weighted by Gasteiger charge is 2.45. The summed E-state index contributed by atoms with van der Waals surface area (Å²) >= 11 is 6.43. The number of amides is 1. The van der Waals surface area contributed by atoms with E-state index < -0.39 is 25.5 Å². The van der Waals surface area contributed by atoms with Gasteiger partial charge in [0.15, 0.2) is 0 Å². The first-order chi connectivity index (χ1) is 21.2. The van der Waals surface area contributed by atoms with Crippen LogP contribution in [0.1, 0.15) is 80.3 Å². The Morgan fingerprint density at radius 2 is 1.91 bits per heavy atom. The van der Waals surface area contributed by atoms with Crippen LogP contribution in [0, 0.1) is 23.7 Å². The Morgan fingerprint density at radius 3 is 2.64 bits per heavy atom. The van der Waals surface area contributed by atoms with Gasteiger partial charge in [-0.05, 0) is 123 Å². The summed E-state index contributed by atoms with van der Waals surface area (Å²) in [5.74, 6) is 5.30. The van der Waals surface area contributed by atoms with Crippen molar-refractivity contribution in [3.05, 3.63) is 58.1 Å². The summed E-state index contributed by atoms with van der Waals surface area (Å²) in [6.07, 6.45) is 8.88. The molecule has 1 saturated carbocycles. The summed E-state index contributed by atoms with van der Waals surface area (Å²) in [4.78, 5) is 16.0. The van der Waals surface area contributed by atoms with E-state index in [0.29, 0.717) is 24.0 Å². The number of rotatable bonds is 2. The van der Waals surface area contributed by atoms with E-state index >= 15 is 0 Å². The Balaban J connectivity index is 1.43. The van der Waals surface area contributed by atoms with Crippen LogP contribution in [0.3, 0.4) is 0 Å². The van der Waals surface area contributed by atoms with E-state index in [2.05, 4.69) is 27.6 Å². The van der Waals surface area contributed by atoms with Crippen LogP contribution < -0.4 is 14.4 Å². The van der Waals surface area contributed by atoms with Crippen LogP contribution in [0.2, 0.25) is 5.02 Å². The van der Waals surface area contributed by atoms with Gasteiger partial charge in [-0.3, -0.25) is 9.52 Å². The van der Waals surface area contributed by atoms with Crippen molar-refractivity contribution in [3.8, 4) is 5.75 Å². The molecule has 45 heavy (non-hydrogen) atoms. The minimum Gasteiger partial charge on any atom is -0.490 e. The van der Waals surface area contributed by atoms with Crippen molar-refractivity contribution in [2.45, 2.75) is 75.9 Å². The van der Waals surface area contributed by atoms with Crippen LogP contribution >= 0.6 is 11.6 Å². The van der Waals surface area contributed by atoms with Gasteiger partial charge in [0.25, 0.3) is 5.91 Å². The van der Waals surface area contributed by atoms with Gasteiger partial charge in [0.05, 0.1) is 27.8 Å². The minimum absolute atomic E-state index is 0.0552. The Morgan fingerprint density at radius 1 is 1.11 bits per heavy atom. The number of aryl methyl sites for hydroxylation is 1. The number of hydrogen-bond donors (Lipinski definition) is 1. The number of carbonyl (C=O) groups is 1. The standard InChI is InChI=1S/C35H47ClN2O5S2/c1-23-7-5-8-28(20-44(3,40)41)30-13-10-27(30)19-38-21-35(16-6-9-25-17-29(36)12-14-31(25)35)22-43-33-15-11-26(18-32(33)38)34(39)37-45(4,42)24(23)2/h11-12,14-15,17-18,23-24,27-28,30H,4-10,13,16,19-22H2,1-3H3,(H,37,39,42)/t23-,24+,27-,28+,30+,35-,45?/m0/s1. The van der Waals surface area contributed by atoms with Gasteiger partial charge >= 0.3 is 0 Å². The molecule has 1 N–H and O–H groups in total. The normalized spacial score (nSPS) is 34.0. The Labute approximate surface area is 274 Å². The average molecular weight is 675 g/mol. The molecular weight excluding hydrogens is 628 g/mol. The largest absolute Gasteiger partial charge is 0.490 e. The topological polar surface area (TPSA) is 92.8 Å². The molecule has 6 rings (SSSR count). The smallest absolute Gasteiger partial charge is 0.262 e. The molecule has 1 amide bonds. The maximum absolute atomic E-state index is 13.8. The van der Waals surface area contributed by atoms with E-state index in [9.17, 15) is 17.4 Å². The molecule has 2 aliphatic heterocycles. The summed E-state index contributed by atoms with van der Waals surface area (Å²) in [5, 5.41) is 0.406. The SMILES string of the molecule is C=S1(=O)NC(=O)c2ccc3c(c2)N(C[C@@H]2CC[C@H]2[C@@H](CS(C)(=O)=O)CCC[C@H](C)[C@H]1C)C[C@@]1(CCCc2cc(Cl)ccc21)CO3. The lowest BCUT2D eigenvalue weighted by molar-refractivity contribution is 0.0982. The van der Waals surface area contributed by atoms with Gasteiger partial charge in [0.2, 0.25) is 0 Å². The zero-order chi connectivity index (χ0) is 32.1. The Kier molecular flexibility index (Phi) is 9.02. The van der Waals surface area contributed by atoms with E-state index in [1.165, 1.54) is 17.4 Å². The molecule has 0 radical (unpaired) electrons. The highest BCUT2D eigenvalue weighted by Crippen LogP contribution is 2.48. The number of carbonyl (C=O) groups excluding carboxylic acids is 1. The monoisotopic (exact) mass is 674 g/mol. The Hall–Kier alpha value is -2.23. The molecule has 246 valence electrons. The zero-order valence-electron chi connectivity index (χ0n) is 26.7. The molecule has 1 fully saturated rings. The van der Waals surface area contributed by atoms with E-state index in [-0.39, 0.29) is 28.3 Å². The number of anilines is 1. The number of benzene rings is 2. The van der Waals surface area contributed by atoms with Crippen LogP contribution in [-0.4, -0.2) is 61.4 Å². The van der Waals surface area contributed by atoms with E-state index in [1.807, 2.05) is 32.0 Å². The molecular formula is C35H47ClN2O5S2. The van der Waals surface area contributed by atoms with Gasteiger partial charge in [0, 0.05) is 40.6 Å². The molecule has 1 unspecified atom stereocenters. The van der Waals surface area contributed by atoms with Crippen molar-refractivity contribution in [1.82, 2.24) is 4.72 Å². The Bertz CT molecular complexity index is 1680. The number of nitrogens with one attached hydrogen (secondary N) is 1. The molecule has 2 aromatic carbocycles. The molecule has 2 aromatic rings. The summed E-state index contributed by atoms with van der Waals surface area (Å²) in [5.41, 5.74) is 3.57. The molecule has 7 nitrogen and oxygen atoms in total. The van der Waals surface area contributed by atoms with Crippen molar-refractivity contribution >= 4 is 48.6 Å². The van der Waals surface area contributed by atoms with Crippen molar-refractivity contribution < 1.29 is 22.2 Å². The number of sulfone groups is 1. The molecule has 2 bridgehead atoms. The lowest BCUT2D eigenvalue weighted by Crippen LogP contribution is -2.49. The van der Waals surface area contributed by atoms with Crippen LogP contribution in [0.4, 0.5) is 5.69 Å². The zero-order valence-corrected chi connectivity index (χ0v) is 29.1. The number of fused-ring (bicyclic) bond motifs is 4. The molecule has 2 heterocycles. The lowest BCUT2D eigenvalue weighted by Gasteiger charge is -2.47. The van der Waals surface area contributed by atoms with Crippen LogP contribution in [0.25, 0.3) is 0 Å². The molecule has 1 spiro atoms. The van der Waals surface area contributed by atoms with Gasteiger partial charge < -0.3 is 9.64 Å². The fraction of sp³-hybridized carbons (Fsp3) is 0.600. The molecule has 2 aliphatic carbocycles. The average Bonchev–Trinajstić information content (AvgIpc) is 3.10. The van der Waals surface area contributed by atoms with E-state index in [1.54, 1.807) is 6.07 Å². The first kappa shape index (κ1) is 32.7. The van der Waals surface area contributed by atoms with E-state index in [0.717, 1.165) is 80.9 Å². The highest BCUT2D eigenvalue weighted by atomic mass is 35.5. The third-order valence-electron chi connectivity index (χ3n) is 11.3. The summed E-state index contributed by atoms with van der Waals surface area (Å²) < 4.78 is 48.4. The van der Waals surface area contributed by atoms with Crippen molar-refractivity contribution in [1.29, 1.82) is 0 Å². The number of hydrogen-bond acceptors (Lipinski definition) is 6. The number of nitrogens with zero attached hydrogens (tertiary/aromatic N) is 1. The summed E-state index contributed by atoms with van der Waals surface area (Å²) in [6, 6.07) is 11.7. The summed E-state index contributed by atoms with van der Waals surface area (Å²) in [7, 11) is -6.09. The van der Waals surface area contributed by atoms with Crippen LogP contribution in [-0.2, 0) is 31.4 Å². The second-order valence-corrected chi connectivity index (χ2v) is 19.4. The van der Waals surface area contributed by atoms with Crippen LogP contribution in [0.5, 0.6) is 5.75 Å². The quantitative estimate of drug-likeness (QED) is 0.389. The lowest BCUT2D eigenvalue weighted by atomic mass is 9.65. The van der Waals surface area contributed by atoms with E-state index in [4.69, 9.17) is 16.3 Å². The second-order valence-electron chi connectivity index (χ2n) is 14.4. The number of halogens is 1. The fourth-order valence-corrected chi connectivity index (χ4v) is 11.3. The van der Waals surface area contributed by atoms with Crippen molar-refractivity contribution in [2.24, 2.45) is 23.7 Å². The molecule has 4 aliphatic rings. The van der Waals surface area contributed by atoms with Crippen molar-refractivity contribution in [3.63, 3.8) is 0 Å². The molecule has 0 aromatic heterocycles. The highest BCUT2D eigenvalue weighted by molar-refractivity contribution is 7.99. The maximum Gasteiger partial charge on any atom is 0.262 e. The second kappa shape index (κ2) is 12.4. The summed E-state index contributed by atoms with van der Waals surface area (Å²) in [6.45, 7) is 5.94.